The molecule has 1 heterocycles. The molecule has 0 unspecified atom stereocenters. The minimum Gasteiger partial charge on any atom is -0.342 e. The lowest BCUT2D eigenvalue weighted by Crippen LogP contribution is -2.45. The SMILES string of the molecule is CC(C)(C)C(=O)N1CCC(C(=O)C2CC2)CC1. The van der Waals surface area contributed by atoms with Gasteiger partial charge >= 0.3 is 0 Å². The molecule has 1 amide bonds. The summed E-state index contributed by atoms with van der Waals surface area (Å²) in [6, 6.07) is 0. The zero-order valence-electron chi connectivity index (χ0n) is 11.2. The summed E-state index contributed by atoms with van der Waals surface area (Å²) in [7, 11) is 0. The molecule has 0 bridgehead atoms. The van der Waals surface area contributed by atoms with Crippen LogP contribution in [0.15, 0.2) is 0 Å². The summed E-state index contributed by atoms with van der Waals surface area (Å²) in [4.78, 5) is 25.9. The highest BCUT2D eigenvalue weighted by atomic mass is 16.2. The van der Waals surface area contributed by atoms with Gasteiger partial charge in [0, 0.05) is 30.3 Å². The van der Waals surface area contributed by atoms with E-state index >= 15 is 0 Å². The molecule has 0 spiro atoms. The van der Waals surface area contributed by atoms with Crippen LogP contribution in [0.3, 0.4) is 0 Å². The third-order valence-corrected chi connectivity index (χ3v) is 3.81. The molecule has 2 fully saturated rings. The molecule has 1 aliphatic heterocycles. The second-order valence-electron chi connectivity index (χ2n) is 6.49. The average molecular weight is 237 g/mol. The highest BCUT2D eigenvalue weighted by Gasteiger charge is 2.37. The van der Waals surface area contributed by atoms with Gasteiger partial charge in [-0.25, -0.2) is 0 Å². The van der Waals surface area contributed by atoms with E-state index in [0.29, 0.717) is 11.7 Å². The number of rotatable bonds is 2. The van der Waals surface area contributed by atoms with E-state index in [2.05, 4.69) is 0 Å². The zero-order chi connectivity index (χ0) is 12.6. The van der Waals surface area contributed by atoms with Crippen LogP contribution in [0, 0.1) is 17.3 Å². The molecule has 1 aliphatic carbocycles. The second-order valence-corrected chi connectivity index (χ2v) is 6.49. The van der Waals surface area contributed by atoms with Crippen molar-refractivity contribution in [1.29, 1.82) is 0 Å². The second kappa shape index (κ2) is 4.43. The summed E-state index contributed by atoms with van der Waals surface area (Å²) in [6.45, 7) is 7.39. The van der Waals surface area contributed by atoms with Crippen molar-refractivity contribution in [2.45, 2.75) is 46.5 Å². The van der Waals surface area contributed by atoms with Crippen molar-refractivity contribution < 1.29 is 9.59 Å². The first-order chi connectivity index (χ1) is 7.89. The summed E-state index contributed by atoms with van der Waals surface area (Å²) < 4.78 is 0. The molecule has 1 saturated carbocycles. The predicted molar refractivity (Wildman–Crippen MR) is 66.5 cm³/mol. The van der Waals surface area contributed by atoms with Crippen LogP contribution in [-0.2, 0) is 9.59 Å². The van der Waals surface area contributed by atoms with Gasteiger partial charge in [0.25, 0.3) is 0 Å². The highest BCUT2D eigenvalue weighted by Crippen LogP contribution is 2.35. The van der Waals surface area contributed by atoms with Crippen LogP contribution in [0.2, 0.25) is 0 Å². The highest BCUT2D eigenvalue weighted by molar-refractivity contribution is 5.86. The molecule has 3 nitrogen and oxygen atoms in total. The standard InChI is InChI=1S/C14H23NO2/c1-14(2,3)13(17)15-8-6-11(7-9-15)12(16)10-4-5-10/h10-11H,4-9H2,1-3H3. The molecule has 3 heteroatoms. The van der Waals surface area contributed by atoms with Gasteiger partial charge in [-0.3, -0.25) is 9.59 Å². The average Bonchev–Trinajstić information content (AvgIpc) is 3.10. The molecule has 17 heavy (non-hydrogen) atoms. The minimum atomic E-state index is -0.298. The third-order valence-electron chi connectivity index (χ3n) is 3.81. The van der Waals surface area contributed by atoms with Crippen LogP contribution in [0.4, 0.5) is 0 Å². The van der Waals surface area contributed by atoms with Crippen LogP contribution < -0.4 is 0 Å². The van der Waals surface area contributed by atoms with Crippen molar-refractivity contribution in [3.8, 4) is 0 Å². The number of likely N-dealkylation sites (tertiary alicyclic amines) is 1. The molecule has 0 N–H and O–H groups in total. The maximum absolute atomic E-state index is 12.1. The van der Waals surface area contributed by atoms with E-state index in [1.807, 2.05) is 25.7 Å². The van der Waals surface area contributed by atoms with Crippen LogP contribution in [0.5, 0.6) is 0 Å². The van der Waals surface area contributed by atoms with E-state index in [1.165, 1.54) is 0 Å². The Morgan fingerprint density at radius 1 is 0.941 bits per heavy atom. The number of carbonyl (C=O) groups excluding carboxylic acids is 2. The van der Waals surface area contributed by atoms with Gasteiger partial charge in [-0.05, 0) is 25.7 Å². The summed E-state index contributed by atoms with van der Waals surface area (Å²) in [5.41, 5.74) is -0.298. The number of hydrogen-bond acceptors (Lipinski definition) is 2. The molecule has 2 rings (SSSR count). The van der Waals surface area contributed by atoms with Crippen LogP contribution in [0.1, 0.15) is 46.5 Å². The molecule has 1 saturated heterocycles. The fourth-order valence-electron chi connectivity index (χ4n) is 2.54. The lowest BCUT2D eigenvalue weighted by atomic mass is 9.88. The van der Waals surface area contributed by atoms with Crippen LogP contribution in [-0.4, -0.2) is 29.7 Å². The maximum Gasteiger partial charge on any atom is 0.227 e. The number of carbonyl (C=O) groups is 2. The fraction of sp³-hybridized carbons (Fsp3) is 0.857. The van der Waals surface area contributed by atoms with Crippen LogP contribution >= 0.6 is 0 Å². The topological polar surface area (TPSA) is 37.4 Å². The van der Waals surface area contributed by atoms with Gasteiger partial charge in [0.15, 0.2) is 0 Å². The molecule has 2 aliphatic rings. The van der Waals surface area contributed by atoms with E-state index in [1.54, 1.807) is 0 Å². The fourth-order valence-corrected chi connectivity index (χ4v) is 2.54. The lowest BCUT2D eigenvalue weighted by Gasteiger charge is -2.35. The number of nitrogens with zero attached hydrogens (tertiary/aromatic N) is 1. The summed E-state index contributed by atoms with van der Waals surface area (Å²) in [6.07, 6.45) is 3.94. The van der Waals surface area contributed by atoms with Crippen molar-refractivity contribution in [3.05, 3.63) is 0 Å². The van der Waals surface area contributed by atoms with E-state index in [0.717, 1.165) is 38.8 Å². The molecule has 0 radical (unpaired) electrons. The Labute approximate surface area is 104 Å². The molecule has 0 aromatic carbocycles. The van der Waals surface area contributed by atoms with Gasteiger partial charge in [0.1, 0.15) is 5.78 Å². The van der Waals surface area contributed by atoms with Gasteiger partial charge in [0.05, 0.1) is 0 Å². The van der Waals surface area contributed by atoms with Crippen molar-refractivity contribution in [1.82, 2.24) is 4.90 Å². The quantitative estimate of drug-likeness (QED) is 0.738. The van der Waals surface area contributed by atoms with Crippen LogP contribution in [0.25, 0.3) is 0 Å². The van der Waals surface area contributed by atoms with Gasteiger partial charge in [-0.2, -0.15) is 0 Å². The normalized spacial score (nSPS) is 22.6. The number of ketones is 1. The number of piperidine rings is 1. The van der Waals surface area contributed by atoms with Gasteiger partial charge in [0.2, 0.25) is 5.91 Å². The third kappa shape index (κ3) is 2.88. The van der Waals surface area contributed by atoms with Gasteiger partial charge < -0.3 is 4.90 Å². The Hall–Kier alpha value is -0.860. The Morgan fingerprint density at radius 3 is 1.82 bits per heavy atom. The van der Waals surface area contributed by atoms with Crippen molar-refractivity contribution in [2.75, 3.05) is 13.1 Å². The smallest absolute Gasteiger partial charge is 0.227 e. The lowest BCUT2D eigenvalue weighted by molar-refractivity contribution is -0.142. The number of amides is 1. The number of Topliss-reactive ketones (excluding diaryl/α,β-unsaturated/α-hetero) is 1. The van der Waals surface area contributed by atoms with E-state index in [4.69, 9.17) is 0 Å². The molecule has 0 aromatic heterocycles. The van der Waals surface area contributed by atoms with Crippen molar-refractivity contribution >= 4 is 11.7 Å². The molecule has 96 valence electrons. The van der Waals surface area contributed by atoms with Crippen molar-refractivity contribution in [2.24, 2.45) is 17.3 Å². The van der Waals surface area contributed by atoms with Gasteiger partial charge in [-0.15, -0.1) is 0 Å². The number of hydrogen-bond donors (Lipinski definition) is 0. The predicted octanol–water partition coefficient (Wildman–Crippen LogP) is 2.25. The first-order valence-corrected chi connectivity index (χ1v) is 6.72. The Balaban J connectivity index is 1.85. The monoisotopic (exact) mass is 237 g/mol. The van der Waals surface area contributed by atoms with E-state index < -0.39 is 0 Å². The van der Waals surface area contributed by atoms with E-state index in [9.17, 15) is 9.59 Å². The summed E-state index contributed by atoms with van der Waals surface area (Å²) >= 11 is 0. The van der Waals surface area contributed by atoms with E-state index in [-0.39, 0.29) is 17.2 Å². The van der Waals surface area contributed by atoms with Gasteiger partial charge in [-0.1, -0.05) is 20.8 Å². The molecular formula is C14H23NO2. The Kier molecular flexibility index (Phi) is 3.28. The molecule has 0 aromatic rings. The largest absolute Gasteiger partial charge is 0.342 e. The van der Waals surface area contributed by atoms with Crippen molar-refractivity contribution in [3.63, 3.8) is 0 Å². The Bertz CT molecular complexity index is 318. The summed E-state index contributed by atoms with van der Waals surface area (Å²) in [5.74, 6) is 1.28. The Morgan fingerprint density at radius 2 is 1.41 bits per heavy atom. The first kappa shape index (κ1) is 12.6. The maximum atomic E-state index is 12.1. The zero-order valence-corrected chi connectivity index (χ0v) is 11.2. The molecule has 0 atom stereocenters. The minimum absolute atomic E-state index is 0.217. The molecular weight excluding hydrogens is 214 g/mol. The first-order valence-electron chi connectivity index (χ1n) is 6.72. The summed E-state index contributed by atoms with van der Waals surface area (Å²) in [5, 5.41) is 0.